The van der Waals surface area contributed by atoms with Gasteiger partial charge in [0.2, 0.25) is 11.6 Å². The quantitative estimate of drug-likeness (QED) is 0.390. The van der Waals surface area contributed by atoms with Gasteiger partial charge in [-0.15, -0.1) is 11.6 Å². The van der Waals surface area contributed by atoms with Gasteiger partial charge >= 0.3 is 0 Å². The first-order valence-electron chi connectivity index (χ1n) is 7.53. The van der Waals surface area contributed by atoms with E-state index in [4.69, 9.17) is 11.6 Å². The van der Waals surface area contributed by atoms with Crippen molar-refractivity contribution >= 4 is 34.5 Å². The summed E-state index contributed by atoms with van der Waals surface area (Å²) in [6.45, 7) is 1.70. The third kappa shape index (κ3) is 2.46. The molecule has 9 heteroatoms. The Kier molecular flexibility index (Phi) is 4.29. The van der Waals surface area contributed by atoms with Gasteiger partial charge in [-0.3, -0.25) is 29.8 Å². The molecule has 0 amide bonds. The van der Waals surface area contributed by atoms with Crippen molar-refractivity contribution in [2.45, 2.75) is 12.8 Å². The van der Waals surface area contributed by atoms with E-state index in [1.165, 1.54) is 18.2 Å². The summed E-state index contributed by atoms with van der Waals surface area (Å²) in [4.78, 5) is 47.1. The SMILES string of the molecule is CC(CCl)c1ccc([N+](=O)[O-])c2c1C(=O)c1c(cccc1[N+](=O)[O-])C2=O. The minimum atomic E-state index is -0.784. The van der Waals surface area contributed by atoms with E-state index in [9.17, 15) is 29.8 Å². The van der Waals surface area contributed by atoms with E-state index in [1.807, 2.05) is 0 Å². The summed E-state index contributed by atoms with van der Waals surface area (Å²) < 4.78 is 0. The number of fused-ring (bicyclic) bond motifs is 2. The number of carbonyl (C=O) groups excluding carboxylic acids is 2. The maximum atomic E-state index is 13.1. The number of benzene rings is 2. The monoisotopic (exact) mass is 374 g/mol. The normalized spacial score (nSPS) is 13.8. The summed E-state index contributed by atoms with van der Waals surface area (Å²) in [6.07, 6.45) is 0. The number of nitro benzene ring substituents is 2. The predicted molar refractivity (Wildman–Crippen MR) is 92.2 cm³/mol. The van der Waals surface area contributed by atoms with Gasteiger partial charge in [-0.1, -0.05) is 19.1 Å². The lowest BCUT2D eigenvalue weighted by Gasteiger charge is -2.22. The van der Waals surface area contributed by atoms with Gasteiger partial charge in [0.05, 0.1) is 9.85 Å². The highest BCUT2D eigenvalue weighted by Crippen LogP contribution is 2.40. The zero-order valence-corrected chi connectivity index (χ0v) is 14.1. The number of rotatable bonds is 4. The zero-order chi connectivity index (χ0) is 19.2. The fraction of sp³-hybridized carbons (Fsp3) is 0.176. The van der Waals surface area contributed by atoms with Gasteiger partial charge in [0.25, 0.3) is 11.4 Å². The smallest absolute Gasteiger partial charge is 0.281 e. The molecule has 1 aliphatic rings. The van der Waals surface area contributed by atoms with Crippen LogP contribution in [0.25, 0.3) is 0 Å². The Balaban J connectivity index is 2.43. The van der Waals surface area contributed by atoms with E-state index in [0.717, 1.165) is 12.1 Å². The molecule has 0 saturated heterocycles. The third-order valence-corrected chi connectivity index (χ3v) is 4.80. The van der Waals surface area contributed by atoms with E-state index < -0.39 is 32.8 Å². The first-order valence-corrected chi connectivity index (χ1v) is 8.07. The molecule has 2 aromatic carbocycles. The van der Waals surface area contributed by atoms with Gasteiger partial charge in [0.15, 0.2) is 0 Å². The molecule has 132 valence electrons. The zero-order valence-electron chi connectivity index (χ0n) is 13.4. The summed E-state index contributed by atoms with van der Waals surface area (Å²) in [5, 5.41) is 22.7. The lowest BCUT2D eigenvalue weighted by atomic mass is 9.78. The number of nitrogens with zero attached hydrogens (tertiary/aromatic N) is 2. The van der Waals surface area contributed by atoms with Crippen molar-refractivity contribution in [3.63, 3.8) is 0 Å². The molecular formula is C17H11ClN2O6. The Hall–Kier alpha value is -3.13. The summed E-state index contributed by atoms with van der Waals surface area (Å²) in [7, 11) is 0. The topological polar surface area (TPSA) is 120 Å². The van der Waals surface area contributed by atoms with Crippen molar-refractivity contribution in [1.29, 1.82) is 0 Å². The van der Waals surface area contributed by atoms with Crippen LogP contribution in [0.15, 0.2) is 30.3 Å². The van der Waals surface area contributed by atoms with Crippen LogP contribution in [0.2, 0.25) is 0 Å². The molecule has 0 fully saturated rings. The van der Waals surface area contributed by atoms with Crippen LogP contribution in [0.1, 0.15) is 50.2 Å². The van der Waals surface area contributed by atoms with Gasteiger partial charge in [0, 0.05) is 29.1 Å². The number of carbonyl (C=O) groups is 2. The highest BCUT2D eigenvalue weighted by atomic mass is 35.5. The number of hydrogen-bond donors (Lipinski definition) is 0. The van der Waals surface area contributed by atoms with Crippen molar-refractivity contribution in [3.8, 4) is 0 Å². The van der Waals surface area contributed by atoms with E-state index >= 15 is 0 Å². The van der Waals surface area contributed by atoms with E-state index in [1.54, 1.807) is 6.92 Å². The molecule has 3 rings (SSSR count). The molecule has 2 aromatic rings. The van der Waals surface area contributed by atoms with Gasteiger partial charge < -0.3 is 0 Å². The van der Waals surface area contributed by atoms with Crippen molar-refractivity contribution < 1.29 is 19.4 Å². The molecule has 0 radical (unpaired) electrons. The van der Waals surface area contributed by atoms with Crippen LogP contribution >= 0.6 is 11.6 Å². The van der Waals surface area contributed by atoms with Crippen LogP contribution in [0.4, 0.5) is 11.4 Å². The summed E-state index contributed by atoms with van der Waals surface area (Å²) in [6, 6.07) is 6.17. The Labute approximate surface area is 151 Å². The maximum absolute atomic E-state index is 13.1. The Morgan fingerprint density at radius 1 is 0.923 bits per heavy atom. The van der Waals surface area contributed by atoms with E-state index in [0.29, 0.717) is 5.56 Å². The molecule has 1 aliphatic carbocycles. The molecule has 0 N–H and O–H groups in total. The van der Waals surface area contributed by atoms with Crippen molar-refractivity contribution in [3.05, 3.63) is 78.4 Å². The Bertz CT molecular complexity index is 1000. The van der Waals surface area contributed by atoms with Crippen LogP contribution in [0, 0.1) is 20.2 Å². The van der Waals surface area contributed by atoms with Gasteiger partial charge in [-0.05, 0) is 17.5 Å². The minimum Gasteiger partial charge on any atom is -0.288 e. The highest BCUT2D eigenvalue weighted by Gasteiger charge is 2.41. The maximum Gasteiger partial charge on any atom is 0.281 e. The number of alkyl halides is 1. The Morgan fingerprint density at radius 2 is 1.54 bits per heavy atom. The standard InChI is InChI=1S/C17H11ClN2O6/c1-8(7-18)9-5-6-12(20(25)26)15-14(9)17(22)13-10(16(15)21)3-2-4-11(13)19(23)24/h2-6,8H,7H2,1H3. The average Bonchev–Trinajstić information content (AvgIpc) is 2.63. The van der Waals surface area contributed by atoms with E-state index in [2.05, 4.69) is 0 Å². The molecular weight excluding hydrogens is 364 g/mol. The lowest BCUT2D eigenvalue weighted by Crippen LogP contribution is -2.25. The van der Waals surface area contributed by atoms with Crippen LogP contribution in [0.3, 0.4) is 0 Å². The van der Waals surface area contributed by atoms with Crippen LogP contribution in [-0.4, -0.2) is 27.3 Å². The van der Waals surface area contributed by atoms with Crippen molar-refractivity contribution in [1.82, 2.24) is 0 Å². The largest absolute Gasteiger partial charge is 0.288 e. The second-order valence-electron chi connectivity index (χ2n) is 5.85. The van der Waals surface area contributed by atoms with Gasteiger partial charge in [-0.25, -0.2) is 0 Å². The first-order chi connectivity index (χ1) is 12.3. The minimum absolute atomic E-state index is 0.107. The molecule has 8 nitrogen and oxygen atoms in total. The summed E-state index contributed by atoms with van der Waals surface area (Å²) >= 11 is 5.86. The van der Waals surface area contributed by atoms with Crippen LogP contribution in [-0.2, 0) is 0 Å². The fourth-order valence-corrected chi connectivity index (χ4v) is 3.27. The molecule has 1 unspecified atom stereocenters. The predicted octanol–water partition coefficient (Wildman–Crippen LogP) is 3.62. The van der Waals surface area contributed by atoms with Crippen LogP contribution in [0.5, 0.6) is 0 Å². The summed E-state index contributed by atoms with van der Waals surface area (Å²) in [5.74, 6) is -1.84. The lowest BCUT2D eigenvalue weighted by molar-refractivity contribution is -0.385. The molecule has 0 saturated carbocycles. The molecule has 0 spiro atoms. The van der Waals surface area contributed by atoms with Gasteiger partial charge in [0.1, 0.15) is 11.1 Å². The van der Waals surface area contributed by atoms with Crippen LogP contribution < -0.4 is 0 Å². The second kappa shape index (κ2) is 6.30. The van der Waals surface area contributed by atoms with E-state index in [-0.39, 0.29) is 34.1 Å². The molecule has 1 atom stereocenters. The van der Waals surface area contributed by atoms with Crippen molar-refractivity contribution in [2.75, 3.05) is 5.88 Å². The molecule has 0 aliphatic heterocycles. The number of ketones is 2. The molecule has 0 bridgehead atoms. The molecule has 0 heterocycles. The number of hydrogen-bond acceptors (Lipinski definition) is 6. The average molecular weight is 375 g/mol. The number of nitro groups is 2. The fourth-order valence-electron chi connectivity index (χ4n) is 3.11. The van der Waals surface area contributed by atoms with Gasteiger partial charge in [-0.2, -0.15) is 0 Å². The number of halogens is 1. The molecule has 0 aromatic heterocycles. The molecule has 26 heavy (non-hydrogen) atoms. The summed E-state index contributed by atoms with van der Waals surface area (Å²) in [5.41, 5.74) is -1.76. The third-order valence-electron chi connectivity index (χ3n) is 4.34. The Morgan fingerprint density at radius 3 is 2.12 bits per heavy atom. The highest BCUT2D eigenvalue weighted by molar-refractivity contribution is 6.31. The van der Waals surface area contributed by atoms with Crippen molar-refractivity contribution in [2.24, 2.45) is 0 Å². The first kappa shape index (κ1) is 17.7. The second-order valence-corrected chi connectivity index (χ2v) is 6.16.